The predicted octanol–water partition coefficient (Wildman–Crippen LogP) is 2.02. The van der Waals surface area contributed by atoms with E-state index >= 15 is 4.39 Å². The summed E-state index contributed by atoms with van der Waals surface area (Å²) in [6, 6.07) is 0.136. The number of nitrogens with one attached hydrogen (secondary N) is 1. The second-order valence-corrected chi connectivity index (χ2v) is 4.82. The van der Waals surface area contributed by atoms with Gasteiger partial charge in [0.05, 0.1) is 13.3 Å². The number of alkyl halides is 1. The summed E-state index contributed by atoms with van der Waals surface area (Å²) in [7, 11) is 1.57. The van der Waals surface area contributed by atoms with E-state index in [1.54, 1.807) is 18.0 Å². The van der Waals surface area contributed by atoms with Crippen molar-refractivity contribution in [2.75, 3.05) is 20.2 Å². The highest BCUT2D eigenvalue weighted by Gasteiger charge is 2.40. The molecule has 1 aromatic rings. The van der Waals surface area contributed by atoms with Crippen molar-refractivity contribution in [2.24, 2.45) is 0 Å². The van der Waals surface area contributed by atoms with Crippen molar-refractivity contribution in [3.63, 3.8) is 0 Å². The fraction of sp³-hybridized carbons (Fsp3) is 0.750. The molecule has 1 aliphatic rings. The van der Waals surface area contributed by atoms with Crippen molar-refractivity contribution >= 4 is 0 Å². The van der Waals surface area contributed by atoms with E-state index in [9.17, 15) is 0 Å². The summed E-state index contributed by atoms with van der Waals surface area (Å²) in [5, 5.41) is 7.42. The van der Waals surface area contributed by atoms with Gasteiger partial charge in [-0.1, -0.05) is 0 Å². The maximum absolute atomic E-state index is 15.0. The van der Waals surface area contributed by atoms with Gasteiger partial charge in [0.1, 0.15) is 5.69 Å². The Morgan fingerprint density at radius 2 is 2.12 bits per heavy atom. The summed E-state index contributed by atoms with van der Waals surface area (Å²) in [4.78, 5) is 0. The van der Waals surface area contributed by atoms with Crippen LogP contribution in [-0.2, 0) is 5.67 Å². The van der Waals surface area contributed by atoms with Gasteiger partial charge in [0, 0.05) is 6.04 Å². The maximum atomic E-state index is 15.0. The Bertz CT molecular complexity index is 383. The quantitative estimate of drug-likeness (QED) is 0.880. The van der Waals surface area contributed by atoms with E-state index in [-0.39, 0.29) is 6.04 Å². The molecule has 0 spiro atoms. The summed E-state index contributed by atoms with van der Waals surface area (Å²) >= 11 is 0. The molecule has 0 amide bonds. The van der Waals surface area contributed by atoms with Gasteiger partial charge in [-0.3, -0.25) is 4.68 Å². The molecule has 4 nitrogen and oxygen atoms in total. The third-order valence-electron chi connectivity index (χ3n) is 3.29. The average molecular weight is 241 g/mol. The van der Waals surface area contributed by atoms with E-state index < -0.39 is 5.67 Å². The lowest BCUT2D eigenvalue weighted by molar-refractivity contribution is 0.0977. The van der Waals surface area contributed by atoms with Crippen LogP contribution in [0.3, 0.4) is 0 Å². The number of piperidine rings is 1. The van der Waals surface area contributed by atoms with E-state index in [0.717, 1.165) is 0 Å². The number of hydrogen-bond acceptors (Lipinski definition) is 3. The highest BCUT2D eigenvalue weighted by Crippen LogP contribution is 2.40. The normalized spacial score (nSPS) is 19.6. The largest absolute Gasteiger partial charge is 0.493 e. The van der Waals surface area contributed by atoms with E-state index in [2.05, 4.69) is 10.4 Å². The second-order valence-electron chi connectivity index (χ2n) is 4.82. The van der Waals surface area contributed by atoms with Gasteiger partial charge in [0.2, 0.25) is 0 Å². The molecule has 2 rings (SSSR count). The highest BCUT2D eigenvalue weighted by atomic mass is 19.1. The Labute approximate surface area is 101 Å². The molecule has 0 atom stereocenters. The first-order chi connectivity index (χ1) is 8.08. The molecule has 0 aliphatic carbocycles. The minimum Gasteiger partial charge on any atom is -0.493 e. The Hall–Kier alpha value is -1.10. The fourth-order valence-electron chi connectivity index (χ4n) is 2.37. The first-order valence-electron chi connectivity index (χ1n) is 6.10. The van der Waals surface area contributed by atoms with Crippen LogP contribution in [0.4, 0.5) is 4.39 Å². The third-order valence-corrected chi connectivity index (χ3v) is 3.29. The molecule has 0 radical (unpaired) electrons. The Morgan fingerprint density at radius 3 is 2.65 bits per heavy atom. The lowest BCUT2D eigenvalue weighted by Crippen LogP contribution is -2.38. The van der Waals surface area contributed by atoms with E-state index in [1.807, 2.05) is 13.8 Å². The van der Waals surface area contributed by atoms with Gasteiger partial charge in [0.15, 0.2) is 11.4 Å². The van der Waals surface area contributed by atoms with E-state index in [4.69, 9.17) is 4.74 Å². The molecule has 1 aliphatic heterocycles. The van der Waals surface area contributed by atoms with Crippen LogP contribution in [0.5, 0.6) is 5.75 Å². The van der Waals surface area contributed by atoms with Crippen molar-refractivity contribution in [1.29, 1.82) is 0 Å². The SMILES string of the molecule is COc1cnn(C(C)C)c1C1(F)CCNCC1. The monoisotopic (exact) mass is 241 g/mol. The molecule has 2 heterocycles. The van der Waals surface area contributed by atoms with Crippen molar-refractivity contribution < 1.29 is 9.13 Å². The van der Waals surface area contributed by atoms with E-state index in [0.29, 0.717) is 37.4 Å². The first-order valence-corrected chi connectivity index (χ1v) is 6.10. The van der Waals surface area contributed by atoms with Crippen molar-refractivity contribution in [3.05, 3.63) is 11.9 Å². The van der Waals surface area contributed by atoms with E-state index in [1.165, 1.54) is 0 Å². The van der Waals surface area contributed by atoms with Gasteiger partial charge in [-0.15, -0.1) is 0 Å². The zero-order valence-corrected chi connectivity index (χ0v) is 10.7. The molecule has 0 saturated carbocycles. The summed E-state index contributed by atoms with van der Waals surface area (Å²) in [6.45, 7) is 5.40. The van der Waals surface area contributed by atoms with Gasteiger partial charge in [-0.05, 0) is 39.8 Å². The van der Waals surface area contributed by atoms with Gasteiger partial charge in [-0.2, -0.15) is 5.10 Å². The van der Waals surface area contributed by atoms with Crippen molar-refractivity contribution in [1.82, 2.24) is 15.1 Å². The highest BCUT2D eigenvalue weighted by molar-refractivity contribution is 5.32. The van der Waals surface area contributed by atoms with Crippen molar-refractivity contribution in [3.8, 4) is 5.75 Å². The number of halogens is 1. The summed E-state index contributed by atoms with van der Waals surface area (Å²) < 4.78 is 22.0. The van der Waals surface area contributed by atoms with Gasteiger partial charge in [0.25, 0.3) is 0 Å². The van der Waals surface area contributed by atoms with Gasteiger partial charge >= 0.3 is 0 Å². The smallest absolute Gasteiger partial charge is 0.163 e. The zero-order chi connectivity index (χ0) is 12.5. The number of hydrogen-bond donors (Lipinski definition) is 1. The van der Waals surface area contributed by atoms with Crippen LogP contribution in [0.1, 0.15) is 38.4 Å². The minimum absolute atomic E-state index is 0.136. The standard InChI is InChI=1S/C12H20FN3O/c1-9(2)16-11(10(17-3)8-15-16)12(13)4-6-14-7-5-12/h8-9,14H,4-7H2,1-3H3. The molecule has 0 aromatic carbocycles. The number of aromatic nitrogens is 2. The molecule has 1 saturated heterocycles. The number of ether oxygens (including phenoxy) is 1. The fourth-order valence-corrected chi connectivity index (χ4v) is 2.37. The molecule has 0 unspecified atom stereocenters. The lowest BCUT2D eigenvalue weighted by Gasteiger charge is -2.31. The average Bonchev–Trinajstić information content (AvgIpc) is 2.74. The molecule has 1 N–H and O–H groups in total. The minimum atomic E-state index is -1.32. The second kappa shape index (κ2) is 4.64. The molecule has 5 heteroatoms. The number of nitrogens with zero attached hydrogens (tertiary/aromatic N) is 2. The van der Waals surface area contributed by atoms with Gasteiger partial charge < -0.3 is 10.1 Å². The van der Waals surface area contributed by atoms with Crippen LogP contribution in [0, 0.1) is 0 Å². The molecule has 96 valence electrons. The summed E-state index contributed by atoms with van der Waals surface area (Å²) in [5.41, 5.74) is -0.728. The molecular formula is C12H20FN3O. The predicted molar refractivity (Wildman–Crippen MR) is 64.1 cm³/mol. The summed E-state index contributed by atoms with van der Waals surface area (Å²) in [5.74, 6) is 0.558. The Morgan fingerprint density at radius 1 is 1.47 bits per heavy atom. The van der Waals surface area contributed by atoms with Crippen LogP contribution in [0.2, 0.25) is 0 Å². The molecule has 17 heavy (non-hydrogen) atoms. The van der Waals surface area contributed by atoms with Crippen LogP contribution >= 0.6 is 0 Å². The zero-order valence-electron chi connectivity index (χ0n) is 10.7. The number of rotatable bonds is 3. The third kappa shape index (κ3) is 2.16. The molecule has 1 fully saturated rings. The van der Waals surface area contributed by atoms with Crippen LogP contribution in [-0.4, -0.2) is 30.0 Å². The molecular weight excluding hydrogens is 221 g/mol. The van der Waals surface area contributed by atoms with Crippen LogP contribution in [0.15, 0.2) is 6.20 Å². The molecule has 0 bridgehead atoms. The van der Waals surface area contributed by atoms with Gasteiger partial charge in [-0.25, -0.2) is 4.39 Å². The Kier molecular flexibility index (Phi) is 3.38. The Balaban J connectivity index is 2.43. The maximum Gasteiger partial charge on any atom is 0.163 e. The first kappa shape index (κ1) is 12.4. The van der Waals surface area contributed by atoms with Crippen LogP contribution in [0.25, 0.3) is 0 Å². The summed E-state index contributed by atoms with van der Waals surface area (Å²) in [6.07, 6.45) is 2.56. The molecule has 1 aromatic heterocycles. The van der Waals surface area contributed by atoms with Crippen molar-refractivity contribution in [2.45, 2.75) is 38.4 Å². The topological polar surface area (TPSA) is 39.1 Å². The number of methoxy groups -OCH3 is 1. The van der Waals surface area contributed by atoms with Crippen LogP contribution < -0.4 is 10.1 Å². The lowest BCUT2D eigenvalue weighted by atomic mass is 9.90.